The van der Waals surface area contributed by atoms with Gasteiger partial charge in [0.1, 0.15) is 0 Å². The predicted octanol–water partition coefficient (Wildman–Crippen LogP) is 1.87. The van der Waals surface area contributed by atoms with Gasteiger partial charge in [-0.3, -0.25) is 0 Å². The Morgan fingerprint density at radius 1 is 1.18 bits per heavy atom. The lowest BCUT2D eigenvalue weighted by atomic mass is 10.0. The molecule has 2 rings (SSSR count). The molecule has 2 unspecified atom stereocenters. The highest BCUT2D eigenvalue weighted by Crippen LogP contribution is 2.27. The molecule has 2 aliphatic rings. The van der Waals surface area contributed by atoms with E-state index in [1.807, 2.05) is 0 Å². The molecule has 0 radical (unpaired) electrons. The van der Waals surface area contributed by atoms with Gasteiger partial charge in [-0.1, -0.05) is 29.3 Å². The van der Waals surface area contributed by atoms with Crippen molar-refractivity contribution in [1.29, 1.82) is 0 Å². The van der Waals surface area contributed by atoms with Crippen LogP contribution in [-0.4, -0.2) is 36.7 Å². The van der Waals surface area contributed by atoms with Crippen molar-refractivity contribution in [1.82, 2.24) is 9.03 Å². The Morgan fingerprint density at radius 3 is 2.35 bits per heavy atom. The topological polar surface area (TPSA) is 49.4 Å². The lowest BCUT2D eigenvalue weighted by Crippen LogP contribution is -2.49. The summed E-state index contributed by atoms with van der Waals surface area (Å²) >= 11 is 3.55. The third-order valence-electron chi connectivity index (χ3n) is 3.81. The number of hydrogen-bond acceptors (Lipinski definition) is 2. The Bertz CT molecular complexity index is 352. The maximum absolute atomic E-state index is 12.2. The first-order chi connectivity index (χ1) is 7.99. The van der Waals surface area contributed by atoms with Crippen LogP contribution in [0.3, 0.4) is 0 Å². The van der Waals surface area contributed by atoms with Crippen LogP contribution in [0.4, 0.5) is 0 Å². The van der Waals surface area contributed by atoms with Crippen molar-refractivity contribution in [3.63, 3.8) is 0 Å². The van der Waals surface area contributed by atoms with Crippen molar-refractivity contribution >= 4 is 26.1 Å². The molecule has 6 heteroatoms. The lowest BCUT2D eigenvalue weighted by molar-refractivity contribution is 0.283. The van der Waals surface area contributed by atoms with E-state index in [4.69, 9.17) is 0 Å². The van der Waals surface area contributed by atoms with Gasteiger partial charge in [0.25, 0.3) is 10.2 Å². The highest BCUT2D eigenvalue weighted by Gasteiger charge is 2.33. The second-order valence-electron chi connectivity index (χ2n) is 5.26. The number of nitrogens with one attached hydrogen (secondary N) is 1. The SMILES string of the molecule is CC1CCN(S(=O)(=O)NC2CCCC2Br)CC1. The number of rotatable bonds is 3. The Hall–Kier alpha value is 0.350. The van der Waals surface area contributed by atoms with Crippen LogP contribution in [0.15, 0.2) is 0 Å². The van der Waals surface area contributed by atoms with Crippen LogP contribution in [0, 0.1) is 5.92 Å². The summed E-state index contributed by atoms with van der Waals surface area (Å²) in [5.74, 6) is 0.650. The molecule has 1 heterocycles. The summed E-state index contributed by atoms with van der Waals surface area (Å²) in [6.45, 7) is 3.51. The number of piperidine rings is 1. The summed E-state index contributed by atoms with van der Waals surface area (Å²) < 4.78 is 28.8. The van der Waals surface area contributed by atoms with Crippen LogP contribution in [0.25, 0.3) is 0 Å². The van der Waals surface area contributed by atoms with E-state index in [9.17, 15) is 8.42 Å². The van der Waals surface area contributed by atoms with Gasteiger partial charge in [-0.2, -0.15) is 17.4 Å². The van der Waals surface area contributed by atoms with Gasteiger partial charge in [-0.05, 0) is 31.6 Å². The Kier molecular flexibility index (Phi) is 4.50. The highest BCUT2D eigenvalue weighted by atomic mass is 79.9. The highest BCUT2D eigenvalue weighted by molar-refractivity contribution is 9.09. The predicted molar refractivity (Wildman–Crippen MR) is 72.4 cm³/mol. The van der Waals surface area contributed by atoms with Crippen LogP contribution in [0.5, 0.6) is 0 Å². The molecule has 0 bridgehead atoms. The molecule has 0 aromatic rings. The Labute approximate surface area is 112 Å². The van der Waals surface area contributed by atoms with Crippen molar-refractivity contribution in [2.45, 2.75) is 49.9 Å². The first-order valence-corrected chi connectivity index (χ1v) is 8.76. The van der Waals surface area contributed by atoms with Gasteiger partial charge in [-0.15, -0.1) is 0 Å². The molecular formula is C11H21BrN2O2S. The third kappa shape index (κ3) is 3.43. The summed E-state index contributed by atoms with van der Waals surface area (Å²) in [5.41, 5.74) is 0. The molecule has 1 saturated carbocycles. The first kappa shape index (κ1) is 13.8. The van der Waals surface area contributed by atoms with Crippen molar-refractivity contribution in [2.75, 3.05) is 13.1 Å². The largest absolute Gasteiger partial charge is 0.279 e. The summed E-state index contributed by atoms with van der Waals surface area (Å²) in [5, 5.41) is 0. The second-order valence-corrected chi connectivity index (χ2v) is 8.14. The van der Waals surface area contributed by atoms with E-state index in [0.717, 1.165) is 32.1 Å². The zero-order chi connectivity index (χ0) is 12.5. The van der Waals surface area contributed by atoms with Crippen LogP contribution >= 0.6 is 15.9 Å². The van der Waals surface area contributed by atoms with Gasteiger partial charge < -0.3 is 0 Å². The summed E-state index contributed by atoms with van der Waals surface area (Å²) in [6, 6.07) is 0.0688. The van der Waals surface area contributed by atoms with Crippen LogP contribution in [0.1, 0.15) is 39.0 Å². The van der Waals surface area contributed by atoms with Gasteiger partial charge in [0, 0.05) is 24.0 Å². The number of hydrogen-bond donors (Lipinski definition) is 1. The number of nitrogens with zero attached hydrogens (tertiary/aromatic N) is 1. The first-order valence-electron chi connectivity index (χ1n) is 6.40. The van der Waals surface area contributed by atoms with E-state index in [1.165, 1.54) is 0 Å². The molecule has 1 aliphatic carbocycles. The van der Waals surface area contributed by atoms with Crippen LogP contribution in [0.2, 0.25) is 0 Å². The lowest BCUT2D eigenvalue weighted by Gasteiger charge is -2.31. The molecule has 1 aliphatic heterocycles. The maximum Gasteiger partial charge on any atom is 0.279 e. The fourth-order valence-electron chi connectivity index (χ4n) is 2.54. The van der Waals surface area contributed by atoms with Gasteiger partial charge in [-0.25, -0.2) is 0 Å². The molecule has 0 amide bonds. The van der Waals surface area contributed by atoms with Crippen molar-refractivity contribution in [2.24, 2.45) is 5.92 Å². The summed E-state index contributed by atoms with van der Waals surface area (Å²) in [6.07, 6.45) is 5.05. The smallest absolute Gasteiger partial charge is 0.198 e. The van der Waals surface area contributed by atoms with E-state index in [0.29, 0.717) is 23.8 Å². The minimum Gasteiger partial charge on any atom is -0.198 e. The van der Waals surface area contributed by atoms with Gasteiger partial charge in [0.15, 0.2) is 0 Å². The minimum atomic E-state index is -3.27. The Balaban J connectivity index is 1.94. The minimum absolute atomic E-state index is 0.0688. The van der Waals surface area contributed by atoms with E-state index < -0.39 is 10.2 Å². The molecule has 0 aromatic heterocycles. The third-order valence-corrected chi connectivity index (χ3v) is 6.56. The summed E-state index contributed by atoms with van der Waals surface area (Å²) in [4.78, 5) is 0.293. The summed E-state index contributed by atoms with van der Waals surface area (Å²) in [7, 11) is -3.27. The Morgan fingerprint density at radius 2 is 1.82 bits per heavy atom. The molecule has 2 fully saturated rings. The molecule has 17 heavy (non-hydrogen) atoms. The zero-order valence-electron chi connectivity index (χ0n) is 10.2. The normalized spacial score (nSPS) is 33.1. The zero-order valence-corrected chi connectivity index (χ0v) is 12.6. The molecule has 2 atom stereocenters. The van der Waals surface area contributed by atoms with Gasteiger partial charge >= 0.3 is 0 Å². The van der Waals surface area contributed by atoms with Crippen molar-refractivity contribution in [3.8, 4) is 0 Å². The molecule has 1 saturated heterocycles. The van der Waals surface area contributed by atoms with Gasteiger partial charge in [0.05, 0.1) is 0 Å². The maximum atomic E-state index is 12.2. The van der Waals surface area contributed by atoms with Crippen molar-refractivity contribution in [3.05, 3.63) is 0 Å². The van der Waals surface area contributed by atoms with Crippen molar-refractivity contribution < 1.29 is 8.42 Å². The van der Waals surface area contributed by atoms with E-state index in [2.05, 4.69) is 27.6 Å². The van der Waals surface area contributed by atoms with Gasteiger partial charge in [0.2, 0.25) is 0 Å². The van der Waals surface area contributed by atoms with E-state index in [1.54, 1.807) is 4.31 Å². The number of alkyl halides is 1. The molecule has 0 aromatic carbocycles. The van der Waals surface area contributed by atoms with Crippen LogP contribution in [-0.2, 0) is 10.2 Å². The molecule has 4 nitrogen and oxygen atoms in total. The fraction of sp³-hybridized carbons (Fsp3) is 1.00. The molecule has 100 valence electrons. The average molecular weight is 325 g/mol. The molecule has 0 spiro atoms. The standard InChI is InChI=1S/C11H21BrN2O2S/c1-9-5-7-14(8-6-9)17(15,16)13-11-4-2-3-10(11)12/h9-11,13H,2-8H2,1H3. The monoisotopic (exact) mass is 324 g/mol. The van der Waals surface area contributed by atoms with Crippen LogP contribution < -0.4 is 4.72 Å². The molecule has 1 N–H and O–H groups in total. The second kappa shape index (κ2) is 5.55. The van der Waals surface area contributed by atoms with E-state index in [-0.39, 0.29) is 6.04 Å². The van der Waals surface area contributed by atoms with E-state index >= 15 is 0 Å². The molecular weight excluding hydrogens is 304 g/mol. The fourth-order valence-corrected chi connectivity index (χ4v) is 4.94. The average Bonchev–Trinajstić information content (AvgIpc) is 2.64. The quantitative estimate of drug-likeness (QED) is 0.806. The number of halogens is 1.